The Labute approximate surface area is 114 Å². The normalized spacial score (nSPS) is 16.8. The molecule has 0 heterocycles. The summed E-state index contributed by atoms with van der Waals surface area (Å²) in [7, 11) is 2.20. The van der Waals surface area contributed by atoms with E-state index in [-0.39, 0.29) is 12.1 Å². The van der Waals surface area contributed by atoms with Crippen molar-refractivity contribution in [3.8, 4) is 0 Å². The maximum atomic E-state index is 9.58. The van der Waals surface area contributed by atoms with Crippen LogP contribution in [0.5, 0.6) is 0 Å². The zero-order valence-corrected chi connectivity index (χ0v) is 13.1. The highest BCUT2D eigenvalue weighted by molar-refractivity contribution is 4.85. The van der Waals surface area contributed by atoms with E-state index < -0.39 is 0 Å². The van der Waals surface area contributed by atoms with Gasteiger partial charge in [-0.25, -0.2) is 0 Å². The summed E-state index contributed by atoms with van der Waals surface area (Å²) in [5.74, 6) is 0.776. The smallest absolute Gasteiger partial charge is 0.0613 e. The Balaban J connectivity index is 3.98. The van der Waals surface area contributed by atoms with Crippen LogP contribution in [-0.4, -0.2) is 48.8 Å². The predicted molar refractivity (Wildman–Crippen MR) is 80.0 cm³/mol. The van der Waals surface area contributed by atoms with Crippen LogP contribution in [-0.2, 0) is 0 Å². The van der Waals surface area contributed by atoms with Gasteiger partial charge in [0.1, 0.15) is 0 Å². The quantitative estimate of drug-likeness (QED) is 0.598. The first kappa shape index (κ1) is 17.9. The van der Waals surface area contributed by atoms with Gasteiger partial charge < -0.3 is 15.3 Å². The third-order valence-electron chi connectivity index (χ3n) is 4.05. The van der Waals surface area contributed by atoms with Gasteiger partial charge in [0, 0.05) is 12.1 Å². The molecule has 2 atom stereocenters. The molecular weight excluding hydrogens is 224 g/mol. The van der Waals surface area contributed by atoms with Crippen molar-refractivity contribution in [3.63, 3.8) is 0 Å². The summed E-state index contributed by atoms with van der Waals surface area (Å²) in [4.78, 5) is 2.41. The van der Waals surface area contributed by atoms with E-state index in [1.807, 2.05) is 0 Å². The fraction of sp³-hybridized carbons (Fsp3) is 1.00. The molecule has 0 rings (SSSR count). The van der Waals surface area contributed by atoms with Gasteiger partial charge in [-0.15, -0.1) is 0 Å². The lowest BCUT2D eigenvalue weighted by Gasteiger charge is -2.32. The number of hydrogen-bond donors (Lipinski definition) is 2. The first-order valence-electron chi connectivity index (χ1n) is 7.58. The van der Waals surface area contributed by atoms with Crippen LogP contribution < -0.4 is 5.32 Å². The van der Waals surface area contributed by atoms with Gasteiger partial charge in [-0.05, 0) is 45.3 Å². The molecule has 0 bridgehead atoms. The van der Waals surface area contributed by atoms with E-state index in [4.69, 9.17) is 0 Å². The fourth-order valence-electron chi connectivity index (χ4n) is 2.45. The van der Waals surface area contributed by atoms with Crippen molar-refractivity contribution >= 4 is 0 Å². The van der Waals surface area contributed by atoms with E-state index >= 15 is 0 Å². The fourth-order valence-corrected chi connectivity index (χ4v) is 2.45. The van der Waals surface area contributed by atoms with Crippen LogP contribution in [0.3, 0.4) is 0 Å². The molecule has 0 spiro atoms. The van der Waals surface area contributed by atoms with Gasteiger partial charge in [-0.2, -0.15) is 0 Å². The molecule has 0 aromatic carbocycles. The molecule has 0 aromatic heterocycles. The van der Waals surface area contributed by atoms with Crippen molar-refractivity contribution < 1.29 is 5.11 Å². The van der Waals surface area contributed by atoms with Crippen LogP contribution >= 0.6 is 0 Å². The van der Waals surface area contributed by atoms with Crippen LogP contribution in [0.25, 0.3) is 0 Å². The number of nitrogens with zero attached hydrogens (tertiary/aromatic N) is 1. The molecule has 0 aliphatic carbocycles. The Hall–Kier alpha value is -0.120. The molecule has 0 saturated carbocycles. The summed E-state index contributed by atoms with van der Waals surface area (Å²) in [6.45, 7) is 12.3. The summed E-state index contributed by atoms with van der Waals surface area (Å²) in [5, 5.41) is 13.0. The minimum Gasteiger partial charge on any atom is -0.394 e. The molecule has 2 N–H and O–H groups in total. The number of aliphatic hydroxyl groups is 1. The lowest BCUT2D eigenvalue weighted by molar-refractivity contribution is 0.141. The summed E-state index contributed by atoms with van der Waals surface area (Å²) >= 11 is 0. The summed E-state index contributed by atoms with van der Waals surface area (Å²) in [6.07, 6.45) is 4.44. The Morgan fingerprint density at radius 1 is 1.28 bits per heavy atom. The largest absolute Gasteiger partial charge is 0.394 e. The molecule has 0 aliphatic rings. The number of likely N-dealkylation sites (N-methyl/N-ethyl adjacent to an activating group) is 1. The lowest BCUT2D eigenvalue weighted by Crippen LogP contribution is -2.48. The number of hydrogen-bond acceptors (Lipinski definition) is 3. The first-order valence-corrected chi connectivity index (χ1v) is 7.58. The van der Waals surface area contributed by atoms with Crippen molar-refractivity contribution in [2.24, 2.45) is 5.92 Å². The maximum absolute atomic E-state index is 9.58. The van der Waals surface area contributed by atoms with Gasteiger partial charge in [-0.1, -0.05) is 34.1 Å². The molecule has 3 nitrogen and oxygen atoms in total. The topological polar surface area (TPSA) is 35.5 Å². The van der Waals surface area contributed by atoms with E-state index in [0.717, 1.165) is 38.3 Å². The minimum absolute atomic E-state index is 0.0635. The highest BCUT2D eigenvalue weighted by atomic mass is 16.3. The SMILES string of the molecule is CCNC(CC)(CO)CCCN(C)CC(C)CC. The first-order chi connectivity index (χ1) is 8.53. The summed E-state index contributed by atoms with van der Waals surface area (Å²) < 4.78 is 0. The van der Waals surface area contributed by atoms with Crippen molar-refractivity contribution in [2.75, 3.05) is 33.3 Å². The predicted octanol–water partition coefficient (Wildman–Crippen LogP) is 2.50. The molecule has 0 saturated heterocycles. The average Bonchev–Trinajstić information content (AvgIpc) is 2.37. The molecule has 0 aliphatic heterocycles. The van der Waals surface area contributed by atoms with E-state index in [9.17, 15) is 5.11 Å². The van der Waals surface area contributed by atoms with Gasteiger partial charge in [0.25, 0.3) is 0 Å². The van der Waals surface area contributed by atoms with Gasteiger partial charge >= 0.3 is 0 Å². The maximum Gasteiger partial charge on any atom is 0.0613 e. The zero-order valence-electron chi connectivity index (χ0n) is 13.1. The van der Waals surface area contributed by atoms with E-state index in [1.165, 1.54) is 13.0 Å². The van der Waals surface area contributed by atoms with E-state index in [2.05, 4.69) is 45.0 Å². The zero-order chi connectivity index (χ0) is 14.0. The van der Waals surface area contributed by atoms with Crippen LogP contribution in [0.1, 0.15) is 53.4 Å². The van der Waals surface area contributed by atoms with Crippen molar-refractivity contribution in [2.45, 2.75) is 58.9 Å². The van der Waals surface area contributed by atoms with Crippen molar-refractivity contribution in [1.29, 1.82) is 0 Å². The second-order valence-corrected chi connectivity index (χ2v) is 5.70. The lowest BCUT2D eigenvalue weighted by atomic mass is 9.91. The molecule has 2 unspecified atom stereocenters. The third kappa shape index (κ3) is 6.72. The summed E-state index contributed by atoms with van der Waals surface area (Å²) in [6, 6.07) is 0. The molecule has 0 amide bonds. The molecular formula is C15H34N2O. The van der Waals surface area contributed by atoms with Crippen molar-refractivity contribution in [1.82, 2.24) is 10.2 Å². The molecule has 0 aromatic rings. The van der Waals surface area contributed by atoms with Crippen LogP contribution in [0.15, 0.2) is 0 Å². The molecule has 0 fully saturated rings. The number of rotatable bonds is 11. The Kier molecular flexibility index (Phi) is 9.70. The monoisotopic (exact) mass is 258 g/mol. The standard InChI is InChI=1S/C15H34N2O/c1-6-14(4)12-17(5)11-9-10-15(7-2,13-18)16-8-3/h14,16,18H,6-13H2,1-5H3. The Bertz CT molecular complexity index is 193. The highest BCUT2D eigenvalue weighted by Crippen LogP contribution is 2.17. The molecule has 18 heavy (non-hydrogen) atoms. The summed E-state index contributed by atoms with van der Waals surface area (Å²) in [5.41, 5.74) is -0.0635. The third-order valence-corrected chi connectivity index (χ3v) is 4.05. The highest BCUT2D eigenvalue weighted by Gasteiger charge is 2.25. The molecule has 3 heteroatoms. The van der Waals surface area contributed by atoms with Gasteiger partial charge in [-0.3, -0.25) is 0 Å². The van der Waals surface area contributed by atoms with Gasteiger partial charge in [0.15, 0.2) is 0 Å². The van der Waals surface area contributed by atoms with Crippen LogP contribution in [0.4, 0.5) is 0 Å². The molecule has 0 radical (unpaired) electrons. The second kappa shape index (κ2) is 9.76. The van der Waals surface area contributed by atoms with Crippen molar-refractivity contribution in [3.05, 3.63) is 0 Å². The number of nitrogens with one attached hydrogen (secondary N) is 1. The number of aliphatic hydroxyl groups excluding tert-OH is 1. The van der Waals surface area contributed by atoms with E-state index in [0.29, 0.717) is 0 Å². The van der Waals surface area contributed by atoms with Crippen LogP contribution in [0.2, 0.25) is 0 Å². The Morgan fingerprint density at radius 2 is 1.94 bits per heavy atom. The van der Waals surface area contributed by atoms with Gasteiger partial charge in [0.05, 0.1) is 6.61 Å². The van der Waals surface area contributed by atoms with E-state index in [1.54, 1.807) is 0 Å². The van der Waals surface area contributed by atoms with Gasteiger partial charge in [0.2, 0.25) is 0 Å². The van der Waals surface area contributed by atoms with Crippen LogP contribution in [0, 0.1) is 5.92 Å². The molecule has 110 valence electrons. The minimum atomic E-state index is -0.0635. The average molecular weight is 258 g/mol. The second-order valence-electron chi connectivity index (χ2n) is 5.70. The Morgan fingerprint density at radius 3 is 2.39 bits per heavy atom.